The Morgan fingerprint density at radius 3 is 2.56 bits per heavy atom. The van der Waals surface area contributed by atoms with Gasteiger partial charge in [0.2, 0.25) is 0 Å². The van der Waals surface area contributed by atoms with Gasteiger partial charge in [0.1, 0.15) is 5.75 Å². The molecule has 2 aromatic carbocycles. The van der Waals surface area contributed by atoms with Gasteiger partial charge in [-0.3, -0.25) is 4.79 Å². The Labute approximate surface area is 170 Å². The Morgan fingerprint density at radius 1 is 1.22 bits per heavy atom. The number of nitrogens with one attached hydrogen (secondary N) is 3. The maximum absolute atomic E-state index is 12.8. The van der Waals surface area contributed by atoms with Gasteiger partial charge in [0.25, 0.3) is 5.91 Å². The zero-order chi connectivity index (χ0) is 19.4. The SMILES string of the molecule is CC1=C(C(=O)N/N=C/c2ccc(O)cc2)C(c2ccc(Br)cc2)NC(=S)N1. The van der Waals surface area contributed by atoms with Gasteiger partial charge in [-0.25, -0.2) is 5.43 Å². The highest BCUT2D eigenvalue weighted by Gasteiger charge is 2.29. The topological polar surface area (TPSA) is 85.8 Å². The van der Waals surface area contributed by atoms with Crippen molar-refractivity contribution in [3.05, 3.63) is 75.4 Å². The molecule has 2 aromatic rings. The molecule has 0 aliphatic carbocycles. The van der Waals surface area contributed by atoms with Crippen LogP contribution in [0.5, 0.6) is 5.75 Å². The van der Waals surface area contributed by atoms with Crippen molar-refractivity contribution in [2.75, 3.05) is 0 Å². The van der Waals surface area contributed by atoms with E-state index in [9.17, 15) is 9.90 Å². The van der Waals surface area contributed by atoms with E-state index in [4.69, 9.17) is 12.2 Å². The van der Waals surface area contributed by atoms with Crippen molar-refractivity contribution in [2.45, 2.75) is 13.0 Å². The van der Waals surface area contributed by atoms with Crippen LogP contribution in [0, 0.1) is 0 Å². The lowest BCUT2D eigenvalue weighted by Gasteiger charge is -2.30. The molecule has 4 N–H and O–H groups in total. The van der Waals surface area contributed by atoms with E-state index in [0.29, 0.717) is 16.4 Å². The highest BCUT2D eigenvalue weighted by atomic mass is 79.9. The fourth-order valence-electron chi connectivity index (χ4n) is 2.69. The summed E-state index contributed by atoms with van der Waals surface area (Å²) >= 11 is 8.65. The molecule has 0 spiro atoms. The molecular weight excluding hydrogens is 428 g/mol. The van der Waals surface area contributed by atoms with Gasteiger partial charge in [-0.05, 0) is 66.7 Å². The summed E-state index contributed by atoms with van der Waals surface area (Å²) < 4.78 is 0.952. The summed E-state index contributed by atoms with van der Waals surface area (Å²) in [6.45, 7) is 1.80. The first-order valence-electron chi connectivity index (χ1n) is 8.10. The standard InChI is InChI=1S/C19H17BrN4O2S/c1-11-16(18(26)24-21-10-12-2-8-15(25)9-3-12)17(23-19(27)22-11)13-4-6-14(20)7-5-13/h2-10,17,25H,1H3,(H,24,26)(H2,22,23,27)/b21-10+. The summed E-state index contributed by atoms with van der Waals surface area (Å²) in [4.78, 5) is 12.8. The van der Waals surface area contributed by atoms with Gasteiger partial charge in [-0.2, -0.15) is 5.10 Å². The van der Waals surface area contributed by atoms with Gasteiger partial charge in [0.15, 0.2) is 5.11 Å². The second-order valence-corrected chi connectivity index (χ2v) is 7.24. The van der Waals surface area contributed by atoms with Crippen LogP contribution in [-0.2, 0) is 4.79 Å². The summed E-state index contributed by atoms with van der Waals surface area (Å²) in [5.74, 6) is -0.164. The molecule has 3 rings (SSSR count). The molecule has 0 saturated heterocycles. The maximum atomic E-state index is 12.8. The van der Waals surface area contributed by atoms with Crippen LogP contribution >= 0.6 is 28.1 Å². The zero-order valence-corrected chi connectivity index (χ0v) is 16.8. The summed E-state index contributed by atoms with van der Waals surface area (Å²) in [6, 6.07) is 13.8. The van der Waals surface area contributed by atoms with Crippen LogP contribution in [0.1, 0.15) is 24.1 Å². The summed E-state index contributed by atoms with van der Waals surface area (Å²) in [5, 5.41) is 19.9. The third-order valence-corrected chi connectivity index (χ3v) is 4.74. The average molecular weight is 445 g/mol. The Balaban J connectivity index is 1.81. The highest BCUT2D eigenvalue weighted by molar-refractivity contribution is 9.10. The molecule has 1 aliphatic rings. The third kappa shape index (κ3) is 4.72. The number of carbonyl (C=O) groups is 1. The number of rotatable bonds is 4. The number of aromatic hydroxyl groups is 1. The fourth-order valence-corrected chi connectivity index (χ4v) is 3.22. The van der Waals surface area contributed by atoms with Crippen LogP contribution in [0.3, 0.4) is 0 Å². The van der Waals surface area contributed by atoms with Crippen molar-refractivity contribution in [2.24, 2.45) is 5.10 Å². The normalized spacial score (nSPS) is 16.8. The van der Waals surface area contributed by atoms with Crippen molar-refractivity contribution in [3.8, 4) is 5.75 Å². The van der Waals surface area contributed by atoms with E-state index in [1.807, 2.05) is 24.3 Å². The highest BCUT2D eigenvalue weighted by Crippen LogP contribution is 2.27. The van der Waals surface area contributed by atoms with Crippen LogP contribution in [0.4, 0.5) is 0 Å². The lowest BCUT2D eigenvalue weighted by Crippen LogP contribution is -2.46. The molecule has 1 unspecified atom stereocenters. The Morgan fingerprint density at radius 2 is 1.89 bits per heavy atom. The van der Waals surface area contributed by atoms with E-state index in [1.165, 1.54) is 6.21 Å². The van der Waals surface area contributed by atoms with E-state index >= 15 is 0 Å². The van der Waals surface area contributed by atoms with E-state index < -0.39 is 0 Å². The largest absolute Gasteiger partial charge is 0.508 e. The quantitative estimate of drug-likeness (QED) is 0.330. The van der Waals surface area contributed by atoms with Crippen LogP contribution in [0.2, 0.25) is 0 Å². The smallest absolute Gasteiger partial charge is 0.271 e. The molecule has 1 atom stereocenters. The Bertz CT molecular complexity index is 924. The lowest BCUT2D eigenvalue weighted by molar-refractivity contribution is -0.117. The minimum Gasteiger partial charge on any atom is -0.508 e. The van der Waals surface area contributed by atoms with Gasteiger partial charge in [0.05, 0.1) is 17.8 Å². The number of carbonyl (C=O) groups excluding carboxylic acids is 1. The zero-order valence-electron chi connectivity index (χ0n) is 14.4. The first-order valence-corrected chi connectivity index (χ1v) is 9.30. The average Bonchev–Trinajstić information content (AvgIpc) is 2.63. The molecular formula is C19H17BrN4O2S. The van der Waals surface area contributed by atoms with Gasteiger partial charge in [0, 0.05) is 10.2 Å². The van der Waals surface area contributed by atoms with Crippen LogP contribution in [0.25, 0.3) is 0 Å². The molecule has 0 fully saturated rings. The van der Waals surface area contributed by atoms with Gasteiger partial charge in [-0.1, -0.05) is 28.1 Å². The van der Waals surface area contributed by atoms with Crippen LogP contribution in [0.15, 0.2) is 69.4 Å². The lowest BCUT2D eigenvalue weighted by atomic mass is 9.95. The number of thiocarbonyl (C=S) groups is 1. The van der Waals surface area contributed by atoms with E-state index in [1.54, 1.807) is 31.2 Å². The van der Waals surface area contributed by atoms with Crippen LogP contribution in [-0.4, -0.2) is 22.3 Å². The van der Waals surface area contributed by atoms with Crippen molar-refractivity contribution >= 4 is 45.4 Å². The molecule has 0 saturated carbocycles. The molecule has 1 heterocycles. The molecule has 1 amide bonds. The molecule has 0 radical (unpaired) electrons. The second kappa shape index (κ2) is 8.32. The van der Waals surface area contributed by atoms with E-state index in [-0.39, 0.29) is 17.7 Å². The molecule has 6 nitrogen and oxygen atoms in total. The van der Waals surface area contributed by atoms with Crippen molar-refractivity contribution in [3.63, 3.8) is 0 Å². The molecule has 0 bridgehead atoms. The summed E-state index contributed by atoms with van der Waals surface area (Å²) in [5.41, 5.74) is 5.39. The van der Waals surface area contributed by atoms with Crippen molar-refractivity contribution < 1.29 is 9.90 Å². The molecule has 8 heteroatoms. The van der Waals surface area contributed by atoms with Crippen molar-refractivity contribution in [1.29, 1.82) is 0 Å². The predicted octanol–water partition coefficient (Wildman–Crippen LogP) is 3.10. The maximum Gasteiger partial charge on any atom is 0.271 e. The molecule has 138 valence electrons. The number of amides is 1. The minimum atomic E-state index is -0.379. The number of benzene rings is 2. The number of hydrogen-bond acceptors (Lipinski definition) is 4. The monoisotopic (exact) mass is 444 g/mol. The van der Waals surface area contributed by atoms with E-state index in [0.717, 1.165) is 15.6 Å². The molecule has 0 aromatic heterocycles. The van der Waals surface area contributed by atoms with Gasteiger partial charge >= 0.3 is 0 Å². The van der Waals surface area contributed by atoms with Crippen LogP contribution < -0.4 is 16.1 Å². The first kappa shape index (κ1) is 19.1. The van der Waals surface area contributed by atoms with Crippen molar-refractivity contribution in [1.82, 2.24) is 16.1 Å². The number of hydrogen-bond donors (Lipinski definition) is 4. The summed E-state index contributed by atoms with van der Waals surface area (Å²) in [6.07, 6.45) is 1.51. The Kier molecular flexibility index (Phi) is 5.88. The Hall–Kier alpha value is -2.71. The number of phenols is 1. The number of phenolic OH excluding ortho intramolecular Hbond substituents is 1. The number of nitrogens with zero attached hydrogens (tertiary/aromatic N) is 1. The number of hydrazone groups is 1. The molecule has 1 aliphatic heterocycles. The third-order valence-electron chi connectivity index (χ3n) is 3.99. The molecule has 27 heavy (non-hydrogen) atoms. The summed E-state index contributed by atoms with van der Waals surface area (Å²) in [7, 11) is 0. The number of allylic oxidation sites excluding steroid dienone is 1. The fraction of sp³-hybridized carbons (Fsp3) is 0.105. The second-order valence-electron chi connectivity index (χ2n) is 5.91. The number of halogens is 1. The predicted molar refractivity (Wildman–Crippen MR) is 112 cm³/mol. The first-order chi connectivity index (χ1) is 12.9. The van der Waals surface area contributed by atoms with Gasteiger partial charge in [-0.15, -0.1) is 0 Å². The van der Waals surface area contributed by atoms with E-state index in [2.05, 4.69) is 37.1 Å². The minimum absolute atomic E-state index is 0.171. The van der Waals surface area contributed by atoms with Gasteiger partial charge < -0.3 is 15.7 Å².